The van der Waals surface area contributed by atoms with Crippen molar-refractivity contribution in [2.24, 2.45) is 0 Å². The van der Waals surface area contributed by atoms with Crippen LogP contribution >= 0.6 is 0 Å². The quantitative estimate of drug-likeness (QED) is 0.794. The largest absolute Gasteiger partial charge is 0.497 e. The minimum atomic E-state index is -0.174. The van der Waals surface area contributed by atoms with Crippen LogP contribution in [0, 0.1) is 6.92 Å². The summed E-state index contributed by atoms with van der Waals surface area (Å²) in [6, 6.07) is 15.4. The number of rotatable bonds is 5. The third kappa shape index (κ3) is 5.44. The van der Waals surface area contributed by atoms with E-state index >= 15 is 0 Å². The number of aryl methyl sites for hydroxylation is 1. The Hall–Kier alpha value is -2.86. The van der Waals surface area contributed by atoms with Crippen LogP contribution in [0.4, 0.5) is 5.69 Å². The van der Waals surface area contributed by atoms with Crippen molar-refractivity contribution >= 4 is 17.5 Å². The second-order valence-electron chi connectivity index (χ2n) is 8.56. The van der Waals surface area contributed by atoms with Gasteiger partial charge >= 0.3 is 0 Å². The van der Waals surface area contributed by atoms with Gasteiger partial charge in [-0.15, -0.1) is 0 Å². The van der Waals surface area contributed by atoms with Gasteiger partial charge in [0.1, 0.15) is 5.75 Å². The molecule has 0 spiro atoms. The predicted octanol–water partition coefficient (Wildman–Crippen LogP) is 3.90. The molecule has 1 saturated carbocycles. The number of carbonyl (C=O) groups excluding carboxylic acids is 2. The smallest absolute Gasteiger partial charge is 0.243 e. The number of anilines is 1. The maximum absolute atomic E-state index is 12.2. The number of ether oxygens (including phenoxy) is 2. The first-order valence-electron chi connectivity index (χ1n) is 10.9. The van der Waals surface area contributed by atoms with Crippen LogP contribution in [-0.2, 0) is 14.3 Å². The van der Waals surface area contributed by atoms with Gasteiger partial charge < -0.3 is 19.7 Å². The fourth-order valence-electron chi connectivity index (χ4n) is 4.33. The van der Waals surface area contributed by atoms with Crippen molar-refractivity contribution in [1.29, 1.82) is 0 Å². The molecule has 2 aromatic rings. The first kappa shape index (κ1) is 21.4. The molecule has 6 nitrogen and oxygen atoms in total. The Labute approximate surface area is 183 Å². The molecule has 1 aliphatic carbocycles. The second-order valence-corrected chi connectivity index (χ2v) is 8.56. The highest BCUT2D eigenvalue weighted by molar-refractivity contribution is 5.95. The second kappa shape index (κ2) is 9.52. The van der Waals surface area contributed by atoms with Crippen LogP contribution < -0.4 is 10.1 Å². The van der Waals surface area contributed by atoms with Gasteiger partial charge in [-0.1, -0.05) is 29.8 Å². The molecule has 164 valence electrons. The van der Waals surface area contributed by atoms with Gasteiger partial charge in [-0.25, -0.2) is 0 Å². The zero-order chi connectivity index (χ0) is 21.8. The van der Waals surface area contributed by atoms with Crippen molar-refractivity contribution in [2.45, 2.75) is 50.7 Å². The number of nitrogens with zero attached hydrogens (tertiary/aromatic N) is 1. The molecule has 2 bridgehead atoms. The number of amides is 2. The zero-order valence-corrected chi connectivity index (χ0v) is 18.2. The summed E-state index contributed by atoms with van der Waals surface area (Å²) in [4.78, 5) is 26.1. The van der Waals surface area contributed by atoms with E-state index in [1.165, 1.54) is 19.3 Å². The Balaban J connectivity index is 0.000000325. The lowest BCUT2D eigenvalue weighted by atomic mass is 9.98. The van der Waals surface area contributed by atoms with Gasteiger partial charge in [0.15, 0.2) is 0 Å². The summed E-state index contributed by atoms with van der Waals surface area (Å²) in [7, 11) is 1.63. The lowest BCUT2D eigenvalue weighted by Gasteiger charge is -2.23. The minimum Gasteiger partial charge on any atom is -0.497 e. The third-order valence-corrected chi connectivity index (χ3v) is 6.19. The lowest BCUT2D eigenvalue weighted by Crippen LogP contribution is -2.34. The van der Waals surface area contributed by atoms with Gasteiger partial charge in [0.25, 0.3) is 0 Å². The summed E-state index contributed by atoms with van der Waals surface area (Å²) in [5.41, 5.74) is 2.97. The normalized spacial score (nSPS) is 23.6. The SMILES string of the molecule is C1CC2CC1O2.COc1ccc(C2CC(=O)N(CC(=O)Nc3ccc(C)cc3)C2)cc1. The summed E-state index contributed by atoms with van der Waals surface area (Å²) in [5.74, 6) is 0.750. The molecule has 1 N–H and O–H groups in total. The number of hydrogen-bond donors (Lipinski definition) is 1. The number of fused-ring (bicyclic) bond motifs is 1. The van der Waals surface area contributed by atoms with Crippen molar-refractivity contribution < 1.29 is 19.1 Å². The number of hydrogen-bond acceptors (Lipinski definition) is 4. The minimum absolute atomic E-state index is 0.0138. The average Bonchev–Trinajstić information content (AvgIpc) is 3.48. The molecule has 4 aliphatic rings. The summed E-state index contributed by atoms with van der Waals surface area (Å²) in [6.07, 6.45) is 5.85. The average molecular weight is 423 g/mol. The maximum atomic E-state index is 12.2. The maximum Gasteiger partial charge on any atom is 0.243 e. The van der Waals surface area contributed by atoms with Crippen LogP contribution in [0.15, 0.2) is 48.5 Å². The number of nitrogens with one attached hydrogen (secondary N) is 1. The van der Waals surface area contributed by atoms with Crippen LogP contribution in [0.25, 0.3) is 0 Å². The van der Waals surface area contributed by atoms with Crippen LogP contribution in [0.5, 0.6) is 5.75 Å². The molecular formula is C25H30N2O4. The first-order valence-corrected chi connectivity index (χ1v) is 10.9. The Morgan fingerprint density at radius 2 is 1.74 bits per heavy atom. The summed E-state index contributed by atoms with van der Waals surface area (Å²) in [5, 5.41) is 2.84. The van der Waals surface area contributed by atoms with E-state index in [1.54, 1.807) is 12.0 Å². The van der Waals surface area contributed by atoms with E-state index in [-0.39, 0.29) is 24.3 Å². The zero-order valence-electron chi connectivity index (χ0n) is 18.2. The van der Waals surface area contributed by atoms with Crippen LogP contribution in [0.3, 0.4) is 0 Å². The van der Waals surface area contributed by atoms with Gasteiger partial charge in [0.05, 0.1) is 25.9 Å². The summed E-state index contributed by atoms with van der Waals surface area (Å²) < 4.78 is 10.4. The third-order valence-electron chi connectivity index (χ3n) is 6.19. The molecular weight excluding hydrogens is 392 g/mol. The number of carbonyl (C=O) groups is 2. The van der Waals surface area contributed by atoms with Crippen molar-refractivity contribution in [3.05, 3.63) is 59.7 Å². The fraction of sp³-hybridized carbons (Fsp3) is 0.440. The number of benzene rings is 2. The van der Waals surface area contributed by atoms with Crippen LogP contribution in [-0.4, -0.2) is 49.1 Å². The molecule has 31 heavy (non-hydrogen) atoms. The topological polar surface area (TPSA) is 67.9 Å². The van der Waals surface area contributed by atoms with Gasteiger partial charge in [-0.3, -0.25) is 9.59 Å². The van der Waals surface area contributed by atoms with E-state index in [1.807, 2.05) is 55.5 Å². The molecule has 2 aromatic carbocycles. The Bertz CT molecular complexity index is 891. The predicted molar refractivity (Wildman–Crippen MR) is 119 cm³/mol. The molecule has 3 heterocycles. The lowest BCUT2D eigenvalue weighted by molar-refractivity contribution is -0.131. The monoisotopic (exact) mass is 422 g/mol. The van der Waals surface area contributed by atoms with E-state index in [0.717, 1.165) is 22.6 Å². The molecule has 0 aromatic heterocycles. The van der Waals surface area contributed by atoms with Crippen molar-refractivity contribution in [3.8, 4) is 5.75 Å². The molecule has 6 heteroatoms. The highest BCUT2D eigenvalue weighted by Crippen LogP contribution is 2.36. The highest BCUT2D eigenvalue weighted by Gasteiger charge is 2.36. The molecule has 3 unspecified atom stereocenters. The van der Waals surface area contributed by atoms with E-state index in [4.69, 9.17) is 9.47 Å². The van der Waals surface area contributed by atoms with E-state index in [0.29, 0.717) is 25.2 Å². The van der Waals surface area contributed by atoms with Crippen molar-refractivity contribution in [1.82, 2.24) is 4.90 Å². The Morgan fingerprint density at radius 1 is 1.10 bits per heavy atom. The molecule has 2 amide bonds. The van der Waals surface area contributed by atoms with Gasteiger partial charge in [0, 0.05) is 24.6 Å². The molecule has 3 aliphatic heterocycles. The first-order chi connectivity index (χ1) is 15.0. The number of methoxy groups -OCH3 is 1. The molecule has 3 saturated heterocycles. The van der Waals surface area contributed by atoms with Crippen molar-refractivity contribution in [2.75, 3.05) is 25.5 Å². The molecule has 0 radical (unpaired) electrons. The van der Waals surface area contributed by atoms with Gasteiger partial charge in [-0.05, 0) is 56.0 Å². The van der Waals surface area contributed by atoms with E-state index < -0.39 is 0 Å². The van der Waals surface area contributed by atoms with Crippen molar-refractivity contribution in [3.63, 3.8) is 0 Å². The summed E-state index contributed by atoms with van der Waals surface area (Å²) >= 11 is 0. The van der Waals surface area contributed by atoms with Crippen LogP contribution in [0.2, 0.25) is 0 Å². The highest BCUT2D eigenvalue weighted by atomic mass is 16.5. The molecule has 4 fully saturated rings. The van der Waals surface area contributed by atoms with Crippen LogP contribution in [0.1, 0.15) is 42.7 Å². The fourth-order valence-corrected chi connectivity index (χ4v) is 4.33. The van der Waals surface area contributed by atoms with E-state index in [9.17, 15) is 9.59 Å². The Morgan fingerprint density at radius 3 is 2.29 bits per heavy atom. The molecule has 3 atom stereocenters. The van der Waals surface area contributed by atoms with E-state index in [2.05, 4.69) is 5.32 Å². The Kier molecular flexibility index (Phi) is 6.56. The number of likely N-dealkylation sites (tertiary alicyclic amines) is 1. The summed E-state index contributed by atoms with van der Waals surface area (Å²) in [6.45, 7) is 2.64. The van der Waals surface area contributed by atoms with Gasteiger partial charge in [-0.2, -0.15) is 0 Å². The molecule has 6 rings (SSSR count). The standard InChI is InChI=1S/C20H22N2O3.C5H8O/c1-14-3-7-17(8-4-14)21-19(23)13-22-12-16(11-20(22)24)15-5-9-18(25-2)10-6-15;1-2-5-3-4(1)6-5/h3-10,16H,11-13H2,1-2H3,(H,21,23);4-5H,1-3H2. The van der Waals surface area contributed by atoms with Gasteiger partial charge in [0.2, 0.25) is 11.8 Å².